The predicted octanol–water partition coefficient (Wildman–Crippen LogP) is 6.47. The third-order valence-corrected chi connectivity index (χ3v) is 8.17. The van der Waals surface area contributed by atoms with Crippen molar-refractivity contribution in [3.05, 3.63) is 48.7 Å². The number of aromatic nitrogens is 1. The maximum Gasteiger partial charge on any atom is 0.411 e. The SMILES string of the molecule is CC(C)OC(=O)Nc1ccc(-c2ncc(-c3ccc(NC(=O)CCCCl)cc3S(=O)(=O)NC(C)(C)C)s2)cc1. The van der Waals surface area contributed by atoms with Crippen LogP contribution in [-0.2, 0) is 19.6 Å². The average molecular weight is 593 g/mol. The highest BCUT2D eigenvalue weighted by atomic mass is 35.5. The van der Waals surface area contributed by atoms with Crippen LogP contribution in [-0.4, -0.2) is 42.9 Å². The lowest BCUT2D eigenvalue weighted by Crippen LogP contribution is -2.40. The third kappa shape index (κ3) is 9.03. The van der Waals surface area contributed by atoms with Crippen molar-refractivity contribution in [2.24, 2.45) is 0 Å². The lowest BCUT2D eigenvalue weighted by molar-refractivity contribution is -0.116. The first-order chi connectivity index (χ1) is 18.3. The fourth-order valence-corrected chi connectivity index (χ4v) is 6.35. The standard InChI is InChI=1S/C27H33ClN4O5S2/c1-17(2)37-26(34)31-19-10-8-18(9-11-19)25-29-16-22(38-25)21-13-12-20(30-24(33)7-6-14-28)15-23(21)39(35,36)32-27(3,4)5/h8-13,15-17,32H,6-7,14H2,1-5H3,(H,30,33)(H,31,34). The summed E-state index contributed by atoms with van der Waals surface area (Å²) in [6.45, 7) is 8.81. The topological polar surface area (TPSA) is 126 Å². The maximum atomic E-state index is 13.4. The maximum absolute atomic E-state index is 13.4. The molecule has 0 atom stereocenters. The van der Waals surface area contributed by atoms with Gasteiger partial charge in [0.05, 0.1) is 15.9 Å². The van der Waals surface area contributed by atoms with Crippen molar-refractivity contribution < 1.29 is 22.7 Å². The van der Waals surface area contributed by atoms with E-state index < -0.39 is 21.7 Å². The Bertz CT molecular complexity index is 1410. The van der Waals surface area contributed by atoms with Crippen LogP contribution in [0.3, 0.4) is 0 Å². The van der Waals surface area contributed by atoms with Gasteiger partial charge in [0.1, 0.15) is 5.01 Å². The molecule has 1 aromatic heterocycles. The molecule has 39 heavy (non-hydrogen) atoms. The molecule has 1 heterocycles. The Morgan fingerprint density at radius 2 is 1.72 bits per heavy atom. The van der Waals surface area contributed by atoms with Crippen LogP contribution in [0.25, 0.3) is 21.0 Å². The Kier molecular flexibility index (Phi) is 10.1. The molecule has 0 saturated carbocycles. The Morgan fingerprint density at radius 1 is 1.05 bits per heavy atom. The number of carbonyl (C=O) groups is 2. The molecular formula is C27H33ClN4O5S2. The van der Waals surface area contributed by atoms with Crippen LogP contribution in [0.4, 0.5) is 16.2 Å². The minimum atomic E-state index is -3.95. The van der Waals surface area contributed by atoms with E-state index in [-0.39, 0.29) is 23.3 Å². The second-order valence-electron chi connectivity index (χ2n) is 10.1. The zero-order chi connectivity index (χ0) is 28.8. The molecule has 0 aliphatic carbocycles. The number of sulfonamides is 1. The van der Waals surface area contributed by atoms with Crippen molar-refractivity contribution >= 4 is 56.3 Å². The second kappa shape index (κ2) is 12.9. The summed E-state index contributed by atoms with van der Waals surface area (Å²) in [4.78, 5) is 29.3. The molecule has 0 spiro atoms. The monoisotopic (exact) mass is 592 g/mol. The smallest absolute Gasteiger partial charge is 0.411 e. The molecule has 0 aliphatic heterocycles. The number of halogens is 1. The molecule has 3 N–H and O–H groups in total. The lowest BCUT2D eigenvalue weighted by atomic mass is 10.1. The van der Waals surface area contributed by atoms with Crippen molar-refractivity contribution in [2.75, 3.05) is 16.5 Å². The van der Waals surface area contributed by atoms with Crippen LogP contribution in [0, 0.1) is 0 Å². The van der Waals surface area contributed by atoms with E-state index in [2.05, 4.69) is 20.3 Å². The van der Waals surface area contributed by atoms with Gasteiger partial charge in [0, 0.05) is 46.5 Å². The average Bonchev–Trinajstić information content (AvgIpc) is 3.31. The summed E-state index contributed by atoms with van der Waals surface area (Å²) in [5.74, 6) is 0.116. The number of benzene rings is 2. The highest BCUT2D eigenvalue weighted by molar-refractivity contribution is 7.89. The molecule has 9 nitrogen and oxygen atoms in total. The van der Waals surface area contributed by atoms with Gasteiger partial charge in [-0.3, -0.25) is 10.1 Å². The summed E-state index contributed by atoms with van der Waals surface area (Å²) < 4.78 is 34.6. The number of nitrogens with one attached hydrogen (secondary N) is 3. The van der Waals surface area contributed by atoms with Crippen molar-refractivity contribution in [2.45, 2.75) is 64.0 Å². The van der Waals surface area contributed by atoms with Crippen LogP contribution >= 0.6 is 22.9 Å². The number of hydrogen-bond donors (Lipinski definition) is 3. The minimum absolute atomic E-state index is 0.0333. The first kappa shape index (κ1) is 30.6. The molecule has 2 amide bonds. The van der Waals surface area contributed by atoms with E-state index in [1.54, 1.807) is 65.1 Å². The number of amides is 2. The van der Waals surface area contributed by atoms with Crippen LogP contribution in [0.2, 0.25) is 0 Å². The lowest BCUT2D eigenvalue weighted by Gasteiger charge is -2.22. The number of anilines is 2. The molecule has 0 radical (unpaired) electrons. The number of ether oxygens (including phenoxy) is 1. The third-order valence-electron chi connectivity index (χ3n) is 5.03. The Labute approximate surface area is 238 Å². The van der Waals surface area contributed by atoms with Gasteiger partial charge in [-0.1, -0.05) is 6.07 Å². The molecule has 3 rings (SSSR count). The predicted molar refractivity (Wildman–Crippen MR) is 157 cm³/mol. The minimum Gasteiger partial charge on any atom is -0.447 e. The molecule has 2 aromatic carbocycles. The summed E-state index contributed by atoms with van der Waals surface area (Å²) in [7, 11) is -3.95. The molecule has 210 valence electrons. The van der Waals surface area contributed by atoms with Gasteiger partial charge in [-0.2, -0.15) is 0 Å². The summed E-state index contributed by atoms with van der Waals surface area (Å²) in [5, 5.41) is 6.09. The van der Waals surface area contributed by atoms with Crippen LogP contribution in [0.5, 0.6) is 0 Å². The fourth-order valence-electron chi connectivity index (χ4n) is 3.52. The summed E-state index contributed by atoms with van der Waals surface area (Å²) >= 11 is 7.01. The van der Waals surface area contributed by atoms with Gasteiger partial charge in [-0.05, 0) is 77.4 Å². The van der Waals surface area contributed by atoms with Gasteiger partial charge in [0.25, 0.3) is 0 Å². The number of hydrogen-bond acceptors (Lipinski definition) is 7. The van der Waals surface area contributed by atoms with Gasteiger partial charge in [-0.25, -0.2) is 22.9 Å². The first-order valence-corrected chi connectivity index (χ1v) is 15.2. The van der Waals surface area contributed by atoms with Crippen LogP contribution in [0.15, 0.2) is 53.6 Å². The molecule has 0 bridgehead atoms. The van der Waals surface area contributed by atoms with Gasteiger partial charge >= 0.3 is 6.09 Å². The van der Waals surface area contributed by atoms with Crippen molar-refractivity contribution in [3.63, 3.8) is 0 Å². The summed E-state index contributed by atoms with van der Waals surface area (Å²) in [5.41, 5.74) is 1.49. The van der Waals surface area contributed by atoms with Crippen LogP contribution < -0.4 is 15.4 Å². The quantitative estimate of drug-likeness (QED) is 0.232. The van der Waals surface area contributed by atoms with Gasteiger partial charge in [0.15, 0.2) is 0 Å². The van der Waals surface area contributed by atoms with E-state index >= 15 is 0 Å². The van der Waals surface area contributed by atoms with E-state index in [1.165, 1.54) is 17.4 Å². The van der Waals surface area contributed by atoms with Gasteiger partial charge in [-0.15, -0.1) is 22.9 Å². The first-order valence-electron chi connectivity index (χ1n) is 12.4. The fraction of sp³-hybridized carbons (Fsp3) is 0.370. The van der Waals surface area contributed by atoms with E-state index in [9.17, 15) is 18.0 Å². The molecule has 0 aliphatic rings. The molecule has 0 fully saturated rings. The molecule has 3 aromatic rings. The van der Waals surface area contributed by atoms with Crippen LogP contribution in [0.1, 0.15) is 47.5 Å². The number of carbonyl (C=O) groups excluding carboxylic acids is 2. The number of nitrogens with zero attached hydrogens (tertiary/aromatic N) is 1. The zero-order valence-electron chi connectivity index (χ0n) is 22.5. The summed E-state index contributed by atoms with van der Waals surface area (Å²) in [6, 6.07) is 11.9. The molecule has 0 saturated heterocycles. The highest BCUT2D eigenvalue weighted by Crippen LogP contribution is 2.37. The van der Waals surface area contributed by atoms with Crippen molar-refractivity contribution in [1.29, 1.82) is 0 Å². The van der Waals surface area contributed by atoms with Gasteiger partial charge < -0.3 is 10.1 Å². The van der Waals surface area contributed by atoms with E-state index in [1.807, 2.05) is 12.1 Å². The van der Waals surface area contributed by atoms with Crippen molar-refractivity contribution in [1.82, 2.24) is 9.71 Å². The zero-order valence-corrected chi connectivity index (χ0v) is 24.9. The number of thiazole rings is 1. The van der Waals surface area contributed by atoms with E-state index in [0.717, 1.165) is 5.56 Å². The molecular weight excluding hydrogens is 560 g/mol. The summed E-state index contributed by atoms with van der Waals surface area (Å²) in [6.07, 6.45) is 1.61. The largest absolute Gasteiger partial charge is 0.447 e. The Morgan fingerprint density at radius 3 is 2.33 bits per heavy atom. The number of rotatable bonds is 10. The second-order valence-corrected chi connectivity index (χ2v) is 13.2. The van der Waals surface area contributed by atoms with E-state index in [0.29, 0.717) is 39.1 Å². The Balaban J connectivity index is 1.92. The molecule has 0 unspecified atom stereocenters. The van der Waals surface area contributed by atoms with Crippen molar-refractivity contribution in [3.8, 4) is 21.0 Å². The normalized spacial score (nSPS) is 11.9. The highest BCUT2D eigenvalue weighted by Gasteiger charge is 2.26. The molecule has 12 heteroatoms. The van der Waals surface area contributed by atoms with Gasteiger partial charge in [0.2, 0.25) is 15.9 Å². The Hall–Kier alpha value is -2.99. The number of alkyl halides is 1. The van der Waals surface area contributed by atoms with E-state index in [4.69, 9.17) is 16.3 Å².